The lowest BCUT2D eigenvalue weighted by Gasteiger charge is -2.13. The van der Waals surface area contributed by atoms with Crippen LogP contribution in [-0.2, 0) is 6.54 Å². The zero-order valence-corrected chi connectivity index (χ0v) is 16.7. The van der Waals surface area contributed by atoms with Gasteiger partial charge in [-0.3, -0.25) is 9.59 Å². The summed E-state index contributed by atoms with van der Waals surface area (Å²) in [6.07, 6.45) is 0. The normalized spacial score (nSPS) is 10.2. The molecule has 0 fully saturated rings. The van der Waals surface area contributed by atoms with E-state index in [1.54, 1.807) is 68.8 Å². The van der Waals surface area contributed by atoms with Gasteiger partial charge in [-0.25, -0.2) is 0 Å². The maximum atomic E-state index is 12.5. The van der Waals surface area contributed by atoms with Crippen molar-refractivity contribution in [2.75, 3.05) is 14.2 Å². The third kappa shape index (κ3) is 4.88. The van der Waals surface area contributed by atoms with Crippen molar-refractivity contribution in [2.24, 2.45) is 5.73 Å². The highest BCUT2D eigenvalue weighted by Crippen LogP contribution is 2.30. The summed E-state index contributed by atoms with van der Waals surface area (Å²) in [5, 5.41) is 2.87. The fraction of sp³-hybridized carbons (Fsp3) is 0.130. The highest BCUT2D eigenvalue weighted by atomic mass is 16.5. The first-order valence-corrected chi connectivity index (χ1v) is 9.17. The molecule has 3 aromatic rings. The van der Waals surface area contributed by atoms with E-state index >= 15 is 0 Å². The van der Waals surface area contributed by atoms with Gasteiger partial charge in [0.15, 0.2) is 11.5 Å². The number of carbonyl (C=O) groups excluding carboxylic acids is 2. The molecule has 7 heteroatoms. The Morgan fingerprint density at radius 1 is 0.833 bits per heavy atom. The van der Waals surface area contributed by atoms with Crippen molar-refractivity contribution in [3.05, 3.63) is 83.4 Å². The van der Waals surface area contributed by atoms with E-state index in [1.165, 1.54) is 0 Å². The van der Waals surface area contributed by atoms with Crippen LogP contribution in [0.15, 0.2) is 66.7 Å². The zero-order chi connectivity index (χ0) is 21.5. The maximum Gasteiger partial charge on any atom is 0.251 e. The molecule has 0 aliphatic carbocycles. The Kier molecular flexibility index (Phi) is 6.54. The summed E-state index contributed by atoms with van der Waals surface area (Å²) in [4.78, 5) is 23.6. The third-order valence-corrected chi connectivity index (χ3v) is 4.41. The topological polar surface area (TPSA) is 99.9 Å². The monoisotopic (exact) mass is 406 g/mol. The van der Waals surface area contributed by atoms with Crippen LogP contribution < -0.4 is 25.3 Å². The van der Waals surface area contributed by atoms with E-state index < -0.39 is 5.91 Å². The molecule has 3 aromatic carbocycles. The van der Waals surface area contributed by atoms with E-state index in [0.717, 1.165) is 5.56 Å². The third-order valence-electron chi connectivity index (χ3n) is 4.41. The van der Waals surface area contributed by atoms with Gasteiger partial charge in [-0.1, -0.05) is 12.1 Å². The largest absolute Gasteiger partial charge is 0.493 e. The van der Waals surface area contributed by atoms with Crippen LogP contribution in [0.5, 0.6) is 23.0 Å². The second-order valence-corrected chi connectivity index (χ2v) is 6.35. The molecule has 154 valence electrons. The van der Waals surface area contributed by atoms with Crippen molar-refractivity contribution < 1.29 is 23.8 Å². The second-order valence-electron chi connectivity index (χ2n) is 6.35. The number of benzene rings is 3. The number of ether oxygens (including phenoxy) is 3. The second kappa shape index (κ2) is 9.47. The van der Waals surface area contributed by atoms with Crippen LogP contribution in [0.2, 0.25) is 0 Å². The lowest BCUT2D eigenvalue weighted by atomic mass is 10.1. The Morgan fingerprint density at radius 2 is 1.43 bits per heavy atom. The Morgan fingerprint density at radius 3 is 1.97 bits per heavy atom. The van der Waals surface area contributed by atoms with E-state index in [1.807, 2.05) is 12.1 Å². The molecule has 0 bridgehead atoms. The minimum absolute atomic E-state index is 0.225. The zero-order valence-electron chi connectivity index (χ0n) is 16.7. The van der Waals surface area contributed by atoms with Crippen molar-refractivity contribution in [1.29, 1.82) is 0 Å². The minimum Gasteiger partial charge on any atom is -0.493 e. The quantitative estimate of drug-likeness (QED) is 0.596. The summed E-state index contributed by atoms with van der Waals surface area (Å²) in [7, 11) is 3.12. The summed E-state index contributed by atoms with van der Waals surface area (Å²) < 4.78 is 16.4. The Labute approximate surface area is 174 Å². The van der Waals surface area contributed by atoms with E-state index in [0.29, 0.717) is 40.7 Å². The van der Waals surface area contributed by atoms with Crippen LogP contribution >= 0.6 is 0 Å². The van der Waals surface area contributed by atoms with E-state index in [2.05, 4.69) is 5.32 Å². The number of amides is 2. The number of rotatable bonds is 8. The first kappa shape index (κ1) is 20.7. The van der Waals surface area contributed by atoms with Crippen molar-refractivity contribution >= 4 is 11.8 Å². The van der Waals surface area contributed by atoms with Crippen molar-refractivity contribution in [2.45, 2.75) is 6.54 Å². The van der Waals surface area contributed by atoms with E-state index in [4.69, 9.17) is 19.9 Å². The maximum absolute atomic E-state index is 12.5. The Balaban J connectivity index is 1.62. The number of nitrogens with two attached hydrogens (primary N) is 1. The number of para-hydroxylation sites is 1. The number of primary amides is 1. The molecule has 0 atom stereocenters. The smallest absolute Gasteiger partial charge is 0.251 e. The first-order chi connectivity index (χ1) is 14.5. The van der Waals surface area contributed by atoms with Crippen LogP contribution in [0.4, 0.5) is 0 Å². The number of hydrogen-bond donors (Lipinski definition) is 2. The van der Waals surface area contributed by atoms with Crippen LogP contribution in [0, 0.1) is 0 Å². The molecule has 7 nitrogen and oxygen atoms in total. The summed E-state index contributed by atoms with van der Waals surface area (Å²) in [5.74, 6) is 1.59. The molecule has 0 heterocycles. The van der Waals surface area contributed by atoms with Crippen LogP contribution in [0.1, 0.15) is 26.3 Å². The molecule has 0 aliphatic rings. The van der Waals surface area contributed by atoms with E-state index in [-0.39, 0.29) is 5.91 Å². The molecule has 3 rings (SSSR count). The molecular weight excluding hydrogens is 384 g/mol. The van der Waals surface area contributed by atoms with Gasteiger partial charge in [0.25, 0.3) is 5.91 Å². The van der Waals surface area contributed by atoms with Gasteiger partial charge in [0.05, 0.1) is 14.2 Å². The van der Waals surface area contributed by atoms with Gasteiger partial charge in [0.2, 0.25) is 5.91 Å². The molecular formula is C23H22N2O5. The molecule has 0 aromatic heterocycles. The van der Waals surface area contributed by atoms with Gasteiger partial charge in [-0.15, -0.1) is 0 Å². The van der Waals surface area contributed by atoms with Crippen LogP contribution in [0.3, 0.4) is 0 Å². The predicted molar refractivity (Wildman–Crippen MR) is 112 cm³/mol. The number of carbonyl (C=O) groups is 2. The number of hydrogen-bond acceptors (Lipinski definition) is 5. The molecule has 0 saturated heterocycles. The Bertz CT molecular complexity index is 1030. The van der Waals surface area contributed by atoms with Gasteiger partial charge in [0.1, 0.15) is 11.5 Å². The molecule has 0 radical (unpaired) electrons. The van der Waals surface area contributed by atoms with Crippen molar-refractivity contribution in [3.8, 4) is 23.0 Å². The fourth-order valence-corrected chi connectivity index (χ4v) is 2.87. The number of nitrogens with one attached hydrogen (secondary N) is 1. The summed E-state index contributed by atoms with van der Waals surface area (Å²) >= 11 is 0. The predicted octanol–water partition coefficient (Wildman–Crippen LogP) is 3.53. The van der Waals surface area contributed by atoms with Gasteiger partial charge in [-0.05, 0) is 54.6 Å². The highest BCUT2D eigenvalue weighted by Gasteiger charge is 2.12. The van der Waals surface area contributed by atoms with Gasteiger partial charge in [0, 0.05) is 23.2 Å². The minimum atomic E-state index is -0.497. The molecule has 2 amide bonds. The van der Waals surface area contributed by atoms with E-state index in [9.17, 15) is 9.59 Å². The molecule has 0 aliphatic heterocycles. The van der Waals surface area contributed by atoms with Gasteiger partial charge < -0.3 is 25.3 Å². The van der Waals surface area contributed by atoms with Crippen LogP contribution in [0.25, 0.3) is 0 Å². The SMILES string of the molecule is COc1cccc(CNC(=O)c2ccc(Oc3ccc(C(N)=O)cc3)cc2)c1OC. The van der Waals surface area contributed by atoms with Gasteiger partial charge in [-0.2, -0.15) is 0 Å². The average molecular weight is 406 g/mol. The molecule has 0 spiro atoms. The molecule has 3 N–H and O–H groups in total. The lowest BCUT2D eigenvalue weighted by Crippen LogP contribution is -2.23. The van der Waals surface area contributed by atoms with Crippen LogP contribution in [-0.4, -0.2) is 26.0 Å². The standard InChI is InChI=1S/C23H22N2O5/c1-28-20-5-3-4-17(21(20)29-2)14-25-23(27)16-8-12-19(13-9-16)30-18-10-6-15(7-11-18)22(24)26/h3-13H,14H2,1-2H3,(H2,24,26)(H,25,27). The molecule has 0 saturated carbocycles. The highest BCUT2D eigenvalue weighted by molar-refractivity contribution is 5.94. The van der Waals surface area contributed by atoms with Crippen molar-refractivity contribution in [3.63, 3.8) is 0 Å². The molecule has 0 unspecified atom stereocenters. The Hall–Kier alpha value is -4.00. The summed E-state index contributed by atoms with van der Waals surface area (Å²) in [5.41, 5.74) is 6.93. The summed E-state index contributed by atoms with van der Waals surface area (Å²) in [6.45, 7) is 0.295. The number of methoxy groups -OCH3 is 2. The average Bonchev–Trinajstić information content (AvgIpc) is 2.77. The fourth-order valence-electron chi connectivity index (χ4n) is 2.87. The van der Waals surface area contributed by atoms with Gasteiger partial charge >= 0.3 is 0 Å². The lowest BCUT2D eigenvalue weighted by molar-refractivity contribution is 0.0949. The van der Waals surface area contributed by atoms with Crippen molar-refractivity contribution in [1.82, 2.24) is 5.32 Å². The first-order valence-electron chi connectivity index (χ1n) is 9.17. The summed E-state index contributed by atoms with van der Waals surface area (Å²) in [6, 6.07) is 18.7. The molecule has 30 heavy (non-hydrogen) atoms.